The number of carboxylic acids is 1. The number of carboxylic acid groups (broad SMARTS) is 2. The van der Waals surface area contributed by atoms with Gasteiger partial charge < -0.3 is 19.8 Å². The Morgan fingerprint density at radius 2 is 1.55 bits per heavy atom. The molecule has 1 amide bonds. The minimum Gasteiger partial charge on any atom is -0.478 e. The van der Waals surface area contributed by atoms with Crippen molar-refractivity contribution >= 4 is 28.8 Å². The third kappa shape index (κ3) is 5.52. The van der Waals surface area contributed by atoms with E-state index in [9.17, 15) is 24.6 Å². The number of fused-ring (bicyclic) bond motifs is 1. The van der Waals surface area contributed by atoms with E-state index in [1.165, 1.54) is 0 Å². The largest absolute Gasteiger partial charge is 0.506 e. The summed E-state index contributed by atoms with van der Waals surface area (Å²) in [5, 5.41) is 20.9. The van der Waals surface area contributed by atoms with Gasteiger partial charge in [-0.2, -0.15) is 0 Å². The average molecular weight is 516 g/mol. The molecule has 3 aromatic rings. The van der Waals surface area contributed by atoms with Crippen molar-refractivity contribution in [1.29, 1.82) is 0 Å². The molecule has 0 bridgehead atoms. The predicted molar refractivity (Wildman–Crippen MR) is 144 cm³/mol. The highest BCUT2D eigenvalue weighted by Crippen LogP contribution is 2.36. The number of amides is 1. The molecular formula is C31H33NO6. The maximum absolute atomic E-state index is 13.6. The number of carbonyl (C=O) groups is 3. The van der Waals surface area contributed by atoms with Gasteiger partial charge in [0.05, 0.1) is 12.1 Å². The van der Waals surface area contributed by atoms with Crippen molar-refractivity contribution in [2.75, 3.05) is 6.54 Å². The van der Waals surface area contributed by atoms with E-state index in [0.29, 0.717) is 24.9 Å². The maximum atomic E-state index is 13.6. The van der Waals surface area contributed by atoms with Crippen molar-refractivity contribution in [3.8, 4) is 11.1 Å². The lowest BCUT2D eigenvalue weighted by Crippen LogP contribution is -2.47. The Balaban J connectivity index is 1.43. The zero-order valence-corrected chi connectivity index (χ0v) is 21.4. The van der Waals surface area contributed by atoms with Gasteiger partial charge in [-0.15, -0.1) is 0 Å². The number of hydrogen-bond donors (Lipinski definition) is 2. The summed E-state index contributed by atoms with van der Waals surface area (Å²) in [4.78, 5) is 38.6. The Morgan fingerprint density at radius 1 is 0.868 bits per heavy atom. The Labute approximate surface area is 222 Å². The van der Waals surface area contributed by atoms with Crippen LogP contribution < -0.4 is 0 Å². The maximum Gasteiger partial charge on any atom is 0.506 e. The molecule has 0 spiro atoms. The normalized spacial score (nSPS) is 16.9. The van der Waals surface area contributed by atoms with Crippen LogP contribution in [0.3, 0.4) is 0 Å². The van der Waals surface area contributed by atoms with Gasteiger partial charge in [-0.25, -0.2) is 9.59 Å². The number of nitrogens with zero attached hydrogens (tertiary/aromatic N) is 1. The second kappa shape index (κ2) is 10.9. The van der Waals surface area contributed by atoms with E-state index < -0.39 is 17.7 Å². The highest BCUT2D eigenvalue weighted by atomic mass is 16.7. The fraction of sp³-hybridized carbons (Fsp3) is 0.387. The Hall–Kier alpha value is -3.87. The van der Waals surface area contributed by atoms with Crippen molar-refractivity contribution in [2.45, 2.75) is 63.5 Å². The minimum atomic E-state index is -1.29. The highest BCUT2D eigenvalue weighted by molar-refractivity contribution is 5.98. The number of benzene rings is 3. The second-order valence-corrected chi connectivity index (χ2v) is 10.7. The van der Waals surface area contributed by atoms with Gasteiger partial charge in [0.2, 0.25) is 5.91 Å². The van der Waals surface area contributed by atoms with E-state index in [1.807, 2.05) is 47.4 Å². The summed E-state index contributed by atoms with van der Waals surface area (Å²) >= 11 is 0. The quantitative estimate of drug-likeness (QED) is 0.322. The van der Waals surface area contributed by atoms with E-state index in [4.69, 9.17) is 4.74 Å². The number of ether oxygens (including phenoxy) is 1. The van der Waals surface area contributed by atoms with Gasteiger partial charge in [0.25, 0.3) is 0 Å². The van der Waals surface area contributed by atoms with Crippen molar-refractivity contribution in [2.24, 2.45) is 5.92 Å². The molecule has 38 heavy (non-hydrogen) atoms. The van der Waals surface area contributed by atoms with Gasteiger partial charge in [-0.1, -0.05) is 55.3 Å². The van der Waals surface area contributed by atoms with Crippen LogP contribution in [0.1, 0.15) is 67.3 Å². The van der Waals surface area contributed by atoms with Crippen LogP contribution in [0.5, 0.6) is 0 Å². The molecule has 0 atom stereocenters. The van der Waals surface area contributed by atoms with Crippen molar-refractivity contribution in [3.63, 3.8) is 0 Å². The molecule has 0 heterocycles. The molecule has 3 aromatic carbocycles. The van der Waals surface area contributed by atoms with E-state index in [1.54, 1.807) is 12.1 Å². The van der Waals surface area contributed by atoms with E-state index in [-0.39, 0.29) is 23.9 Å². The van der Waals surface area contributed by atoms with Crippen LogP contribution in [0.4, 0.5) is 4.79 Å². The van der Waals surface area contributed by atoms with Gasteiger partial charge >= 0.3 is 12.1 Å². The molecular weight excluding hydrogens is 482 g/mol. The van der Waals surface area contributed by atoms with E-state index in [2.05, 4.69) is 6.07 Å². The average Bonchev–Trinajstić information content (AvgIpc) is 3.60. The third-order valence-corrected chi connectivity index (χ3v) is 8.06. The fourth-order valence-electron chi connectivity index (χ4n) is 6.19. The summed E-state index contributed by atoms with van der Waals surface area (Å²) in [6, 6.07) is 18.9. The van der Waals surface area contributed by atoms with E-state index >= 15 is 0 Å². The summed E-state index contributed by atoms with van der Waals surface area (Å²) in [5.41, 5.74) is 1.87. The summed E-state index contributed by atoms with van der Waals surface area (Å²) in [7, 11) is 0. The fourth-order valence-corrected chi connectivity index (χ4v) is 6.19. The van der Waals surface area contributed by atoms with Gasteiger partial charge in [-0.05, 0) is 84.2 Å². The molecule has 2 N–H and O–H groups in total. The molecule has 7 heteroatoms. The highest BCUT2D eigenvalue weighted by Gasteiger charge is 2.41. The molecule has 0 radical (unpaired) electrons. The predicted octanol–water partition coefficient (Wildman–Crippen LogP) is 6.73. The third-order valence-electron chi connectivity index (χ3n) is 8.06. The van der Waals surface area contributed by atoms with Crippen LogP contribution in [-0.2, 0) is 16.1 Å². The minimum absolute atomic E-state index is 0.0180. The smallest absolute Gasteiger partial charge is 0.478 e. The first-order valence-electron chi connectivity index (χ1n) is 13.4. The zero-order valence-electron chi connectivity index (χ0n) is 21.4. The van der Waals surface area contributed by atoms with Crippen LogP contribution in [0.25, 0.3) is 21.9 Å². The molecule has 0 unspecified atom stereocenters. The lowest BCUT2D eigenvalue weighted by molar-refractivity contribution is -0.140. The molecule has 0 saturated heterocycles. The molecule has 2 aliphatic rings. The topological polar surface area (TPSA) is 104 Å². The Bertz CT molecular complexity index is 1350. The van der Waals surface area contributed by atoms with Gasteiger partial charge in [0.15, 0.2) is 0 Å². The Morgan fingerprint density at radius 3 is 2.26 bits per heavy atom. The van der Waals surface area contributed by atoms with Crippen molar-refractivity contribution < 1.29 is 29.3 Å². The summed E-state index contributed by atoms with van der Waals surface area (Å²) in [5.74, 6) is -0.894. The van der Waals surface area contributed by atoms with Crippen LogP contribution in [0.2, 0.25) is 0 Å². The van der Waals surface area contributed by atoms with Gasteiger partial charge in [0.1, 0.15) is 5.60 Å². The monoisotopic (exact) mass is 515 g/mol. The molecule has 2 aliphatic carbocycles. The molecule has 2 fully saturated rings. The van der Waals surface area contributed by atoms with Gasteiger partial charge in [-0.3, -0.25) is 4.79 Å². The number of aromatic carboxylic acids is 1. The van der Waals surface area contributed by atoms with Crippen LogP contribution in [-0.4, -0.2) is 45.3 Å². The van der Waals surface area contributed by atoms with Crippen LogP contribution in [0.15, 0.2) is 60.7 Å². The molecule has 5 rings (SSSR count). The van der Waals surface area contributed by atoms with Crippen molar-refractivity contribution in [1.82, 2.24) is 4.90 Å². The van der Waals surface area contributed by atoms with Crippen molar-refractivity contribution in [3.05, 3.63) is 71.8 Å². The standard InChI is InChI=1S/C31H33NO6/c33-28(22-7-1-2-8-22)32(20-31(38-30(36)37)15-5-6-16-31)19-21-11-12-24-18-25(14-13-23(24)17-21)26-9-3-4-10-27(26)29(34)35/h3-4,9-14,17-18,22H,1-2,5-8,15-16,19-20H2,(H,34,35)(H,36,37). The van der Waals surface area contributed by atoms with Crippen LogP contribution >= 0.6 is 0 Å². The molecule has 198 valence electrons. The SMILES string of the molecule is O=C(O)OC1(CN(Cc2ccc3cc(-c4ccccc4C(=O)O)ccc3c2)C(=O)C2CCCC2)CCCC1. The zero-order chi connectivity index (χ0) is 26.7. The molecule has 2 saturated carbocycles. The molecule has 0 aliphatic heterocycles. The lowest BCUT2D eigenvalue weighted by atomic mass is 9.96. The first kappa shape index (κ1) is 25.8. The number of carbonyl (C=O) groups excluding carboxylic acids is 1. The first-order valence-corrected chi connectivity index (χ1v) is 13.4. The van der Waals surface area contributed by atoms with E-state index in [0.717, 1.165) is 60.4 Å². The molecule has 0 aromatic heterocycles. The number of rotatable bonds is 8. The summed E-state index contributed by atoms with van der Waals surface area (Å²) < 4.78 is 5.41. The number of hydrogen-bond acceptors (Lipinski definition) is 4. The van der Waals surface area contributed by atoms with Gasteiger partial charge in [0, 0.05) is 12.5 Å². The summed E-state index contributed by atoms with van der Waals surface area (Å²) in [6.45, 7) is 0.664. The Kier molecular flexibility index (Phi) is 7.36. The summed E-state index contributed by atoms with van der Waals surface area (Å²) in [6.07, 6.45) is 5.60. The first-order chi connectivity index (χ1) is 18.3. The molecule has 7 nitrogen and oxygen atoms in total. The second-order valence-electron chi connectivity index (χ2n) is 10.7. The van der Waals surface area contributed by atoms with Crippen LogP contribution in [0, 0.1) is 5.92 Å². The lowest BCUT2D eigenvalue weighted by Gasteiger charge is -2.35.